The Hall–Kier alpha value is -2.44. The van der Waals surface area contributed by atoms with Crippen LogP contribution in [0.1, 0.15) is 11.7 Å². The average Bonchev–Trinajstić information content (AvgIpc) is 2.68. The topological polar surface area (TPSA) is 50.8 Å². The number of carbonyl (C=O) groups is 1. The molecule has 0 aliphatic carbocycles. The molecule has 1 heterocycles. The molecular weight excluding hydrogens is 335 g/mol. The molecule has 2 aromatic carbocycles. The lowest BCUT2D eigenvalue weighted by Crippen LogP contribution is -2.43. The number of benzene rings is 2. The van der Waals surface area contributed by atoms with Crippen molar-refractivity contribution in [3.8, 4) is 5.75 Å². The van der Waals surface area contributed by atoms with Gasteiger partial charge in [0.2, 0.25) is 0 Å². The van der Waals surface area contributed by atoms with E-state index in [1.54, 1.807) is 0 Å². The lowest BCUT2D eigenvalue weighted by atomic mass is 10.1. The number of carbonyl (C=O) groups excluding carboxylic acids is 1. The first-order valence-corrected chi connectivity index (χ1v) is 8.75. The van der Waals surface area contributed by atoms with Crippen molar-refractivity contribution in [3.63, 3.8) is 0 Å². The fourth-order valence-electron chi connectivity index (χ4n) is 2.86. The van der Waals surface area contributed by atoms with Crippen LogP contribution in [0.5, 0.6) is 5.75 Å². The van der Waals surface area contributed by atoms with Gasteiger partial charge in [-0.2, -0.15) is 0 Å². The molecule has 1 N–H and O–H groups in total. The Labute approximate surface area is 152 Å². The van der Waals surface area contributed by atoms with Gasteiger partial charge in [-0.1, -0.05) is 30.3 Å². The van der Waals surface area contributed by atoms with Crippen molar-refractivity contribution < 1.29 is 18.7 Å². The quantitative estimate of drug-likeness (QED) is 0.826. The molecule has 0 bridgehead atoms. The van der Waals surface area contributed by atoms with E-state index in [1.165, 1.54) is 29.8 Å². The maximum atomic E-state index is 12.8. The highest BCUT2D eigenvalue weighted by Crippen LogP contribution is 2.21. The van der Waals surface area contributed by atoms with Crippen molar-refractivity contribution in [2.45, 2.75) is 6.10 Å². The Morgan fingerprint density at radius 2 is 1.96 bits per heavy atom. The second-order valence-corrected chi connectivity index (χ2v) is 6.16. The molecule has 0 spiro atoms. The van der Waals surface area contributed by atoms with E-state index in [9.17, 15) is 9.18 Å². The van der Waals surface area contributed by atoms with E-state index in [4.69, 9.17) is 9.47 Å². The van der Waals surface area contributed by atoms with Crippen LogP contribution in [-0.4, -0.2) is 50.2 Å². The summed E-state index contributed by atoms with van der Waals surface area (Å²) < 4.78 is 24.0. The fraction of sp³-hybridized carbons (Fsp3) is 0.350. The summed E-state index contributed by atoms with van der Waals surface area (Å²) in [4.78, 5) is 14.1. The van der Waals surface area contributed by atoms with Crippen LogP contribution in [0, 0.1) is 5.82 Å². The van der Waals surface area contributed by atoms with Crippen LogP contribution in [0.15, 0.2) is 54.6 Å². The van der Waals surface area contributed by atoms with Crippen LogP contribution in [0.2, 0.25) is 0 Å². The summed E-state index contributed by atoms with van der Waals surface area (Å²) in [7, 11) is 0. The van der Waals surface area contributed by atoms with Crippen LogP contribution in [0.4, 0.5) is 4.39 Å². The van der Waals surface area contributed by atoms with Gasteiger partial charge in [0, 0.05) is 26.2 Å². The Balaban J connectivity index is 1.36. The highest BCUT2D eigenvalue weighted by atomic mass is 19.1. The highest BCUT2D eigenvalue weighted by molar-refractivity contribution is 5.77. The van der Waals surface area contributed by atoms with Crippen LogP contribution >= 0.6 is 0 Å². The van der Waals surface area contributed by atoms with Crippen LogP contribution < -0.4 is 10.1 Å². The predicted molar refractivity (Wildman–Crippen MR) is 96.5 cm³/mol. The Morgan fingerprint density at radius 3 is 2.73 bits per heavy atom. The maximum absolute atomic E-state index is 12.8. The smallest absolute Gasteiger partial charge is 0.257 e. The minimum atomic E-state index is -0.332. The summed E-state index contributed by atoms with van der Waals surface area (Å²) in [6.45, 7) is 3.57. The second-order valence-electron chi connectivity index (χ2n) is 6.16. The summed E-state index contributed by atoms with van der Waals surface area (Å²) in [5, 5.41) is 2.85. The molecular formula is C20H23FN2O3. The van der Waals surface area contributed by atoms with Crippen molar-refractivity contribution >= 4 is 5.91 Å². The molecule has 0 aromatic heterocycles. The predicted octanol–water partition coefficient (Wildman–Crippen LogP) is 2.39. The molecule has 1 atom stereocenters. The molecule has 0 saturated carbocycles. The molecule has 2 aromatic rings. The Morgan fingerprint density at radius 1 is 1.19 bits per heavy atom. The van der Waals surface area contributed by atoms with Gasteiger partial charge in [-0.15, -0.1) is 0 Å². The molecule has 1 amide bonds. The summed E-state index contributed by atoms with van der Waals surface area (Å²) in [5.41, 5.74) is 1.17. The number of ether oxygens (including phenoxy) is 2. The number of hydrogen-bond donors (Lipinski definition) is 1. The van der Waals surface area contributed by atoms with Crippen molar-refractivity contribution in [2.75, 3.05) is 39.4 Å². The van der Waals surface area contributed by atoms with Gasteiger partial charge in [0.25, 0.3) is 5.91 Å². The minimum absolute atomic E-state index is 0.0717. The third kappa shape index (κ3) is 5.54. The Kier molecular flexibility index (Phi) is 6.57. The molecule has 6 heteroatoms. The number of amides is 1. The van der Waals surface area contributed by atoms with Crippen molar-refractivity contribution in [2.24, 2.45) is 0 Å². The van der Waals surface area contributed by atoms with Crippen LogP contribution in [0.3, 0.4) is 0 Å². The van der Waals surface area contributed by atoms with Crippen LogP contribution in [-0.2, 0) is 9.53 Å². The SMILES string of the molecule is O=C(COc1ccc(F)cc1)NCCN1CCO[C@H](c2ccccc2)C1. The lowest BCUT2D eigenvalue weighted by molar-refractivity contribution is -0.123. The number of morpholine rings is 1. The minimum Gasteiger partial charge on any atom is -0.484 e. The number of rotatable bonds is 7. The fourth-order valence-corrected chi connectivity index (χ4v) is 2.86. The average molecular weight is 358 g/mol. The monoisotopic (exact) mass is 358 g/mol. The zero-order chi connectivity index (χ0) is 18.2. The Bertz CT molecular complexity index is 694. The third-order valence-corrected chi connectivity index (χ3v) is 4.26. The number of nitrogens with zero attached hydrogens (tertiary/aromatic N) is 1. The van der Waals surface area contributed by atoms with E-state index in [0.717, 1.165) is 19.6 Å². The van der Waals surface area contributed by atoms with Crippen molar-refractivity contribution in [1.82, 2.24) is 10.2 Å². The number of halogens is 1. The second kappa shape index (κ2) is 9.31. The molecule has 1 aliphatic heterocycles. The van der Waals surface area contributed by atoms with Crippen molar-refractivity contribution in [1.29, 1.82) is 0 Å². The molecule has 0 radical (unpaired) electrons. The van der Waals surface area contributed by atoms with E-state index in [0.29, 0.717) is 18.9 Å². The third-order valence-electron chi connectivity index (χ3n) is 4.26. The standard InChI is InChI=1S/C20H23FN2O3/c21-17-6-8-18(9-7-17)26-15-20(24)22-10-11-23-12-13-25-19(14-23)16-4-2-1-3-5-16/h1-9,19H,10-15H2,(H,22,24)/t19-/m0/s1. The maximum Gasteiger partial charge on any atom is 0.257 e. The summed E-state index contributed by atoms with van der Waals surface area (Å²) in [5.74, 6) is -0.0521. The highest BCUT2D eigenvalue weighted by Gasteiger charge is 2.21. The van der Waals surface area contributed by atoms with E-state index < -0.39 is 0 Å². The summed E-state index contributed by atoms with van der Waals surface area (Å²) in [6.07, 6.45) is 0.0717. The lowest BCUT2D eigenvalue weighted by Gasteiger charge is -2.33. The normalized spacial score (nSPS) is 17.7. The molecule has 26 heavy (non-hydrogen) atoms. The van der Waals surface area contributed by atoms with Gasteiger partial charge < -0.3 is 14.8 Å². The molecule has 138 valence electrons. The van der Waals surface area contributed by atoms with E-state index >= 15 is 0 Å². The number of nitrogens with one attached hydrogen (secondary N) is 1. The first kappa shape index (κ1) is 18.4. The number of hydrogen-bond acceptors (Lipinski definition) is 4. The van der Waals surface area contributed by atoms with Gasteiger partial charge in [-0.25, -0.2) is 4.39 Å². The van der Waals surface area contributed by atoms with E-state index in [1.807, 2.05) is 18.2 Å². The van der Waals surface area contributed by atoms with E-state index in [2.05, 4.69) is 22.3 Å². The first-order valence-electron chi connectivity index (χ1n) is 8.75. The molecule has 0 unspecified atom stereocenters. The van der Waals surface area contributed by atoms with E-state index in [-0.39, 0.29) is 24.4 Å². The molecule has 3 rings (SSSR count). The van der Waals surface area contributed by atoms with Gasteiger partial charge in [0.15, 0.2) is 6.61 Å². The molecule has 1 fully saturated rings. The van der Waals surface area contributed by atoms with Gasteiger partial charge >= 0.3 is 0 Å². The van der Waals surface area contributed by atoms with Gasteiger partial charge in [-0.05, 0) is 29.8 Å². The van der Waals surface area contributed by atoms with Gasteiger partial charge in [0.1, 0.15) is 11.6 Å². The molecule has 5 nitrogen and oxygen atoms in total. The first-order chi connectivity index (χ1) is 12.7. The van der Waals surface area contributed by atoms with Gasteiger partial charge in [-0.3, -0.25) is 9.69 Å². The zero-order valence-corrected chi connectivity index (χ0v) is 14.6. The largest absolute Gasteiger partial charge is 0.484 e. The molecule has 1 saturated heterocycles. The molecule has 1 aliphatic rings. The van der Waals surface area contributed by atoms with Crippen LogP contribution in [0.25, 0.3) is 0 Å². The van der Waals surface area contributed by atoms with Crippen molar-refractivity contribution in [3.05, 3.63) is 66.0 Å². The zero-order valence-electron chi connectivity index (χ0n) is 14.6. The van der Waals surface area contributed by atoms with Gasteiger partial charge in [0.05, 0.1) is 12.7 Å². The summed E-state index contributed by atoms with van der Waals surface area (Å²) in [6, 6.07) is 15.8. The summed E-state index contributed by atoms with van der Waals surface area (Å²) >= 11 is 0.